The summed E-state index contributed by atoms with van der Waals surface area (Å²) in [7, 11) is -1.97. The molecule has 0 radical (unpaired) electrons. The fraction of sp³-hybridized carbons (Fsp3) is 0.513. The Morgan fingerprint density at radius 1 is 0.982 bits per heavy atom. The summed E-state index contributed by atoms with van der Waals surface area (Å²) in [5.74, 6) is -0.368. The zero-order valence-corrected chi connectivity index (χ0v) is 34.1. The van der Waals surface area contributed by atoms with Crippen molar-refractivity contribution in [3.63, 3.8) is 0 Å². The van der Waals surface area contributed by atoms with Crippen molar-refractivity contribution >= 4 is 61.5 Å². The molecule has 6 heterocycles. The Bertz CT molecular complexity index is 2530. The summed E-state index contributed by atoms with van der Waals surface area (Å²) in [6, 6.07) is 6.50. The lowest BCUT2D eigenvalue weighted by Crippen LogP contribution is -2.44. The highest BCUT2D eigenvalue weighted by Crippen LogP contribution is 2.27. The summed E-state index contributed by atoms with van der Waals surface area (Å²) in [6.45, 7) is 5.09. The van der Waals surface area contributed by atoms with E-state index in [-0.39, 0.29) is 45.6 Å². The zero-order valence-electron chi connectivity index (χ0n) is 32.5. The number of hydrogen-bond acceptors (Lipinski definition) is 10. The molecule has 0 spiro atoms. The summed E-state index contributed by atoms with van der Waals surface area (Å²) < 4.78 is 34.9. The largest absolute Gasteiger partial charge is 0.351 e. The number of para-hydroxylation sites is 1. The Labute approximate surface area is 335 Å². The van der Waals surface area contributed by atoms with E-state index < -0.39 is 22.0 Å². The van der Waals surface area contributed by atoms with E-state index in [0.29, 0.717) is 61.4 Å². The number of unbranched alkanes of at least 4 members (excludes halogenated alkanes) is 5. The number of nitrogens with zero attached hydrogens (tertiary/aromatic N) is 8. The summed E-state index contributed by atoms with van der Waals surface area (Å²) in [6.07, 6.45) is 13.1. The number of benzene rings is 1. The van der Waals surface area contributed by atoms with Crippen molar-refractivity contribution in [1.29, 1.82) is 0 Å². The number of carbonyl (C=O) groups excluding carboxylic acids is 2. The van der Waals surface area contributed by atoms with E-state index in [4.69, 9.17) is 11.6 Å². The van der Waals surface area contributed by atoms with Gasteiger partial charge in [0.2, 0.25) is 27.8 Å². The number of imide groups is 1. The van der Waals surface area contributed by atoms with Gasteiger partial charge in [-0.3, -0.25) is 38.1 Å². The molecule has 2 aliphatic rings. The molecule has 2 N–H and O–H groups in total. The molecule has 18 heteroatoms. The maximum Gasteiger partial charge on any atom is 0.329 e. The molecule has 0 bridgehead atoms. The van der Waals surface area contributed by atoms with Crippen LogP contribution in [0, 0.1) is 0 Å². The van der Waals surface area contributed by atoms with Gasteiger partial charge in [-0.05, 0) is 70.1 Å². The molecule has 0 aliphatic carbocycles. The number of rotatable bonds is 15. The molecule has 5 aromatic rings. The quantitative estimate of drug-likeness (QED) is 0.111. The highest BCUT2D eigenvalue weighted by Gasteiger charge is 2.32. The fourth-order valence-corrected chi connectivity index (χ4v) is 9.69. The number of amides is 2. The van der Waals surface area contributed by atoms with E-state index in [0.717, 1.165) is 56.0 Å². The second-order valence-corrected chi connectivity index (χ2v) is 17.7. The average molecular weight is 821 g/mol. The Kier molecular flexibility index (Phi) is 12.0. The first kappa shape index (κ1) is 40.3. The third kappa shape index (κ3) is 8.41. The van der Waals surface area contributed by atoms with Gasteiger partial charge in [0, 0.05) is 63.0 Å². The zero-order chi connectivity index (χ0) is 40.4. The molecule has 1 atom stereocenters. The lowest BCUT2D eigenvalue weighted by molar-refractivity contribution is -0.135. The number of piperidine rings is 2. The van der Waals surface area contributed by atoms with Crippen LogP contribution in [0.3, 0.4) is 0 Å². The van der Waals surface area contributed by atoms with Gasteiger partial charge in [0.05, 0.1) is 17.2 Å². The van der Waals surface area contributed by atoms with Crippen LogP contribution in [0.15, 0.2) is 57.3 Å². The molecular formula is C39H49ClN10O6S. The first-order valence-corrected chi connectivity index (χ1v) is 21.5. The highest BCUT2D eigenvalue weighted by molar-refractivity contribution is 7.89. The van der Waals surface area contributed by atoms with E-state index in [1.54, 1.807) is 39.3 Å². The van der Waals surface area contributed by atoms with Gasteiger partial charge in [-0.25, -0.2) is 18.2 Å². The molecule has 2 saturated heterocycles. The van der Waals surface area contributed by atoms with E-state index >= 15 is 0 Å². The molecule has 1 unspecified atom stereocenters. The van der Waals surface area contributed by atoms with Crippen LogP contribution in [0.25, 0.3) is 22.1 Å². The van der Waals surface area contributed by atoms with Gasteiger partial charge >= 0.3 is 5.69 Å². The second kappa shape index (κ2) is 16.9. The Morgan fingerprint density at radius 3 is 2.46 bits per heavy atom. The fourth-order valence-electron chi connectivity index (χ4n) is 8.05. The van der Waals surface area contributed by atoms with Crippen LogP contribution in [-0.4, -0.2) is 77.1 Å². The van der Waals surface area contributed by atoms with Gasteiger partial charge in [-0.15, -0.1) is 0 Å². The van der Waals surface area contributed by atoms with Crippen LogP contribution in [0.2, 0.25) is 5.02 Å². The first-order valence-electron chi connectivity index (χ1n) is 19.7. The number of aromatic nitrogens is 7. The Hall–Kier alpha value is -4.87. The first-order chi connectivity index (χ1) is 27.3. The molecule has 2 amide bonds. The molecule has 4 aromatic heterocycles. The predicted octanol–water partition coefficient (Wildman–Crippen LogP) is 4.70. The van der Waals surface area contributed by atoms with Crippen molar-refractivity contribution in [1.82, 2.24) is 43.1 Å². The number of halogens is 1. The monoisotopic (exact) mass is 820 g/mol. The number of pyridine rings is 1. The van der Waals surface area contributed by atoms with Crippen molar-refractivity contribution in [2.45, 2.75) is 114 Å². The number of fused-ring (bicyclic) bond motifs is 2. The Balaban J connectivity index is 0.841. The number of anilines is 1. The van der Waals surface area contributed by atoms with Gasteiger partial charge in [-0.2, -0.15) is 14.4 Å². The van der Waals surface area contributed by atoms with Crippen LogP contribution in [0.1, 0.15) is 95.7 Å². The lowest BCUT2D eigenvalue weighted by atomic mass is 10.0. The maximum atomic E-state index is 13.5. The molecule has 2 fully saturated rings. The molecule has 304 valence electrons. The molecule has 2 aliphatic heterocycles. The predicted molar refractivity (Wildman–Crippen MR) is 217 cm³/mol. The van der Waals surface area contributed by atoms with Crippen molar-refractivity contribution in [2.24, 2.45) is 7.05 Å². The standard InChI is InChI=1S/C39H49ClN10O6S/c1-25(2)49-35-27(21-30(40)37(49)53)22-41-38(45-35)43-28-16-19-48(20-17-28)57(55,56)29-23-42-47(24-29)18-9-7-5-4-6-8-11-26-12-10-13-31-34(26)46(3)39(54)50(31)32-14-15-33(51)44-36(32)52/h10,12-13,21-25,28,32H,4-9,11,14-20H2,1-3H3,(H,41,43,45)(H,44,51,52). The van der Waals surface area contributed by atoms with Crippen LogP contribution in [-0.2, 0) is 39.6 Å². The molecule has 0 saturated carbocycles. The van der Waals surface area contributed by atoms with E-state index in [1.807, 2.05) is 32.0 Å². The summed E-state index contributed by atoms with van der Waals surface area (Å²) in [4.78, 5) is 59.3. The number of hydrogen-bond donors (Lipinski definition) is 2. The van der Waals surface area contributed by atoms with Gasteiger partial charge in [-0.1, -0.05) is 49.4 Å². The van der Waals surface area contributed by atoms with Crippen LogP contribution in [0.5, 0.6) is 0 Å². The number of imidazole rings is 1. The van der Waals surface area contributed by atoms with E-state index in [1.165, 1.54) is 15.1 Å². The van der Waals surface area contributed by atoms with E-state index in [2.05, 4.69) is 25.7 Å². The second-order valence-electron chi connectivity index (χ2n) is 15.3. The van der Waals surface area contributed by atoms with Gasteiger partial charge in [0.1, 0.15) is 21.6 Å². The smallest absolute Gasteiger partial charge is 0.329 e. The molecule has 1 aromatic carbocycles. The molecular weight excluding hydrogens is 772 g/mol. The minimum absolute atomic E-state index is 0.0348. The van der Waals surface area contributed by atoms with Crippen LogP contribution >= 0.6 is 11.6 Å². The molecule has 7 rings (SSSR count). The van der Waals surface area contributed by atoms with Crippen LogP contribution < -0.4 is 21.9 Å². The lowest BCUT2D eigenvalue weighted by Gasteiger charge is -2.31. The summed E-state index contributed by atoms with van der Waals surface area (Å²) >= 11 is 6.15. The summed E-state index contributed by atoms with van der Waals surface area (Å²) in [5.41, 5.74) is 2.53. The van der Waals surface area contributed by atoms with Gasteiger partial charge in [0.25, 0.3) is 5.56 Å². The number of carbonyl (C=O) groups is 2. The van der Waals surface area contributed by atoms with Crippen molar-refractivity contribution < 1.29 is 18.0 Å². The van der Waals surface area contributed by atoms with Gasteiger partial charge < -0.3 is 5.32 Å². The number of sulfonamides is 1. The number of aryl methyl sites for hydroxylation is 3. The maximum absolute atomic E-state index is 13.5. The average Bonchev–Trinajstić information content (AvgIpc) is 3.76. The van der Waals surface area contributed by atoms with Gasteiger partial charge in [0.15, 0.2) is 0 Å². The minimum atomic E-state index is -3.70. The Morgan fingerprint density at radius 2 is 1.72 bits per heavy atom. The SMILES string of the molecule is CC(C)n1c(=O)c(Cl)cc2cnc(NC3CCN(S(=O)(=O)c4cnn(CCCCCCCCc5cccc6c5n(C)c(=O)n6C5CCC(=O)NC5=O)c4)CC3)nc21. The van der Waals surface area contributed by atoms with E-state index in [9.17, 15) is 27.6 Å². The molecule has 57 heavy (non-hydrogen) atoms. The normalized spacial score (nSPS) is 17.2. The van der Waals surface area contributed by atoms with Crippen molar-refractivity contribution in [3.05, 3.63) is 74.3 Å². The van der Waals surface area contributed by atoms with Crippen LogP contribution in [0.4, 0.5) is 5.95 Å². The minimum Gasteiger partial charge on any atom is -0.351 e. The topological polar surface area (TPSA) is 188 Å². The summed E-state index contributed by atoms with van der Waals surface area (Å²) in [5, 5.41) is 10.8. The molecule has 16 nitrogen and oxygen atoms in total. The van der Waals surface area contributed by atoms with Crippen molar-refractivity contribution in [3.8, 4) is 0 Å². The van der Waals surface area contributed by atoms with Crippen molar-refractivity contribution in [2.75, 3.05) is 18.4 Å². The highest BCUT2D eigenvalue weighted by atomic mass is 35.5. The third-order valence-corrected chi connectivity index (χ3v) is 13.2. The third-order valence-electron chi connectivity index (χ3n) is 11.1. The number of nitrogens with one attached hydrogen (secondary N) is 2.